The lowest BCUT2D eigenvalue weighted by atomic mass is 9.99. The smallest absolute Gasteiger partial charge is 0.340 e. The number of aromatic nitrogens is 1. The van der Waals surface area contributed by atoms with Crippen LogP contribution in [0.3, 0.4) is 0 Å². The highest BCUT2D eigenvalue weighted by atomic mass is 32.2. The van der Waals surface area contributed by atoms with Crippen LogP contribution in [0.2, 0.25) is 0 Å². The highest BCUT2D eigenvalue weighted by molar-refractivity contribution is 7.98. The maximum absolute atomic E-state index is 12.9. The summed E-state index contributed by atoms with van der Waals surface area (Å²) in [6.07, 6.45) is 3.29. The molecule has 7 heteroatoms. The van der Waals surface area contributed by atoms with E-state index in [0.29, 0.717) is 11.3 Å². The number of rotatable bonds is 7. The molecule has 1 aliphatic rings. The fourth-order valence-electron chi connectivity index (χ4n) is 3.62. The molecular weight excluding hydrogens is 388 g/mol. The van der Waals surface area contributed by atoms with Crippen molar-refractivity contribution in [1.29, 1.82) is 0 Å². The first-order valence-electron chi connectivity index (χ1n) is 10.1. The molecule has 0 spiro atoms. The van der Waals surface area contributed by atoms with Crippen LogP contribution in [0.25, 0.3) is 0 Å². The first-order valence-corrected chi connectivity index (χ1v) is 11.1. The summed E-state index contributed by atoms with van der Waals surface area (Å²) in [6, 6.07) is 9.38. The van der Waals surface area contributed by atoms with Gasteiger partial charge in [0.15, 0.2) is 6.10 Å². The van der Waals surface area contributed by atoms with Crippen LogP contribution in [0.4, 0.5) is 0 Å². The number of nitrogens with zero attached hydrogens (tertiary/aromatic N) is 2. The largest absolute Gasteiger partial charge is 0.449 e. The van der Waals surface area contributed by atoms with Gasteiger partial charge in [-0.3, -0.25) is 4.79 Å². The molecule has 156 valence electrons. The van der Waals surface area contributed by atoms with Gasteiger partial charge in [-0.25, -0.2) is 4.79 Å². The summed E-state index contributed by atoms with van der Waals surface area (Å²) < 4.78 is 10.8. The molecule has 1 fully saturated rings. The van der Waals surface area contributed by atoms with E-state index in [9.17, 15) is 9.59 Å². The van der Waals surface area contributed by atoms with Gasteiger partial charge in [0.05, 0.1) is 17.0 Å². The molecule has 0 saturated carbocycles. The summed E-state index contributed by atoms with van der Waals surface area (Å²) in [4.78, 5) is 28.3. The molecule has 0 N–H and O–H groups in total. The summed E-state index contributed by atoms with van der Waals surface area (Å²) in [6.45, 7) is 6.36. The number of hydrogen-bond donors (Lipinski definition) is 0. The molecule has 1 amide bonds. The van der Waals surface area contributed by atoms with E-state index in [4.69, 9.17) is 9.26 Å². The van der Waals surface area contributed by atoms with E-state index >= 15 is 0 Å². The van der Waals surface area contributed by atoms with Crippen molar-refractivity contribution in [1.82, 2.24) is 10.1 Å². The second-order valence-corrected chi connectivity index (χ2v) is 8.37. The van der Waals surface area contributed by atoms with E-state index in [1.807, 2.05) is 30.0 Å². The third-order valence-corrected chi connectivity index (χ3v) is 6.26. The topological polar surface area (TPSA) is 72.6 Å². The maximum atomic E-state index is 12.9. The van der Waals surface area contributed by atoms with Gasteiger partial charge >= 0.3 is 5.97 Å². The molecule has 2 unspecified atom stereocenters. The summed E-state index contributed by atoms with van der Waals surface area (Å²) >= 11 is 1.48. The lowest BCUT2D eigenvalue weighted by Gasteiger charge is -2.36. The van der Waals surface area contributed by atoms with Crippen molar-refractivity contribution in [3.63, 3.8) is 0 Å². The van der Waals surface area contributed by atoms with E-state index in [0.717, 1.165) is 48.6 Å². The Morgan fingerprint density at radius 1 is 1.34 bits per heavy atom. The zero-order valence-electron chi connectivity index (χ0n) is 17.2. The van der Waals surface area contributed by atoms with Gasteiger partial charge in [-0.1, -0.05) is 24.2 Å². The summed E-state index contributed by atoms with van der Waals surface area (Å²) in [5.41, 5.74) is 1.28. The van der Waals surface area contributed by atoms with Crippen molar-refractivity contribution in [2.24, 2.45) is 0 Å². The molecular formula is C22H28N2O4S. The van der Waals surface area contributed by atoms with Crippen LogP contribution in [-0.4, -0.2) is 40.6 Å². The van der Waals surface area contributed by atoms with Crippen LogP contribution in [0.15, 0.2) is 39.8 Å². The zero-order chi connectivity index (χ0) is 20.8. The van der Waals surface area contributed by atoms with Crippen LogP contribution in [-0.2, 0) is 15.3 Å². The molecule has 0 aliphatic carbocycles. The molecule has 3 rings (SSSR count). The molecule has 0 bridgehead atoms. The molecule has 1 saturated heterocycles. The first kappa shape index (κ1) is 21.4. The monoisotopic (exact) mass is 416 g/mol. The van der Waals surface area contributed by atoms with Gasteiger partial charge in [0, 0.05) is 23.5 Å². The van der Waals surface area contributed by atoms with Gasteiger partial charge < -0.3 is 14.2 Å². The molecule has 0 radical (unpaired) electrons. The lowest BCUT2D eigenvalue weighted by molar-refractivity contribution is -0.143. The van der Waals surface area contributed by atoms with Gasteiger partial charge in [0.1, 0.15) is 5.76 Å². The third kappa shape index (κ3) is 5.41. The van der Waals surface area contributed by atoms with Crippen molar-refractivity contribution >= 4 is 23.6 Å². The Morgan fingerprint density at radius 2 is 2.14 bits per heavy atom. The molecule has 29 heavy (non-hydrogen) atoms. The Kier molecular flexibility index (Phi) is 7.36. The minimum absolute atomic E-state index is 0.104. The van der Waals surface area contributed by atoms with Crippen LogP contribution >= 0.6 is 11.8 Å². The standard InChI is InChI=1S/C22H28N2O4S/c1-4-17-9-7-8-12-24(17)21(25)16(3)27-22(26)19-10-5-6-11-20(19)29-14-18-13-15(2)23-28-18/h5-6,10-11,13,16-17H,4,7-9,12,14H2,1-3H3. The van der Waals surface area contributed by atoms with Gasteiger partial charge in [-0.2, -0.15) is 0 Å². The number of hydrogen-bond acceptors (Lipinski definition) is 6. The Hall–Kier alpha value is -2.28. The number of carbonyl (C=O) groups is 2. The summed E-state index contributed by atoms with van der Waals surface area (Å²) in [5, 5.41) is 3.88. The van der Waals surface area contributed by atoms with E-state index in [1.165, 1.54) is 11.8 Å². The minimum atomic E-state index is -0.801. The molecule has 1 aromatic carbocycles. The van der Waals surface area contributed by atoms with Crippen molar-refractivity contribution in [3.05, 3.63) is 47.3 Å². The SMILES string of the molecule is CCC1CCCCN1C(=O)C(C)OC(=O)c1ccccc1SCc1cc(C)no1. The zero-order valence-corrected chi connectivity index (χ0v) is 18.0. The third-order valence-electron chi connectivity index (χ3n) is 5.17. The highest BCUT2D eigenvalue weighted by Gasteiger charge is 2.31. The highest BCUT2D eigenvalue weighted by Crippen LogP contribution is 2.28. The number of ether oxygens (including phenoxy) is 1. The Bertz CT molecular complexity index is 851. The van der Waals surface area contributed by atoms with E-state index in [2.05, 4.69) is 12.1 Å². The molecule has 2 atom stereocenters. The average Bonchev–Trinajstić information content (AvgIpc) is 3.16. The lowest BCUT2D eigenvalue weighted by Crippen LogP contribution is -2.48. The van der Waals surface area contributed by atoms with Crippen molar-refractivity contribution < 1.29 is 18.8 Å². The Balaban J connectivity index is 1.64. The molecule has 6 nitrogen and oxygen atoms in total. The van der Waals surface area contributed by atoms with Crippen molar-refractivity contribution in [2.75, 3.05) is 6.54 Å². The van der Waals surface area contributed by atoms with Gasteiger partial charge in [-0.05, 0) is 51.7 Å². The molecule has 2 aromatic rings. The number of esters is 1. The fourth-order valence-corrected chi connectivity index (χ4v) is 4.53. The molecule has 2 heterocycles. The fraction of sp³-hybridized carbons (Fsp3) is 0.500. The van der Waals surface area contributed by atoms with Crippen LogP contribution in [0.5, 0.6) is 0 Å². The van der Waals surface area contributed by atoms with Crippen LogP contribution in [0, 0.1) is 6.92 Å². The Morgan fingerprint density at radius 3 is 2.86 bits per heavy atom. The average molecular weight is 417 g/mol. The number of piperidine rings is 1. The Labute approximate surface area is 176 Å². The van der Waals surface area contributed by atoms with E-state index in [1.54, 1.807) is 19.1 Å². The molecule has 1 aliphatic heterocycles. The second kappa shape index (κ2) is 9.96. The van der Waals surface area contributed by atoms with E-state index in [-0.39, 0.29) is 11.9 Å². The number of amides is 1. The van der Waals surface area contributed by atoms with Crippen molar-refractivity contribution in [2.45, 2.75) is 69.2 Å². The van der Waals surface area contributed by atoms with Crippen molar-refractivity contribution in [3.8, 4) is 0 Å². The quantitative estimate of drug-likeness (QED) is 0.485. The predicted molar refractivity (Wildman–Crippen MR) is 112 cm³/mol. The number of likely N-dealkylation sites (tertiary alicyclic amines) is 1. The minimum Gasteiger partial charge on any atom is -0.449 e. The van der Waals surface area contributed by atoms with Gasteiger partial charge in [0.25, 0.3) is 5.91 Å². The second-order valence-electron chi connectivity index (χ2n) is 7.36. The maximum Gasteiger partial charge on any atom is 0.340 e. The van der Waals surface area contributed by atoms with E-state index < -0.39 is 12.1 Å². The van der Waals surface area contributed by atoms with Gasteiger partial charge in [0.2, 0.25) is 0 Å². The number of carbonyl (C=O) groups excluding carboxylic acids is 2. The van der Waals surface area contributed by atoms with Crippen LogP contribution in [0.1, 0.15) is 61.3 Å². The first-order chi connectivity index (χ1) is 14.0. The predicted octanol–water partition coefficient (Wildman–Crippen LogP) is 4.61. The normalized spacial score (nSPS) is 17.8. The number of aryl methyl sites for hydroxylation is 1. The summed E-state index contributed by atoms with van der Waals surface area (Å²) in [7, 11) is 0. The molecule has 1 aromatic heterocycles. The number of benzene rings is 1. The summed E-state index contributed by atoms with van der Waals surface area (Å²) in [5.74, 6) is 0.723. The number of thioether (sulfide) groups is 1. The van der Waals surface area contributed by atoms with Gasteiger partial charge in [-0.15, -0.1) is 11.8 Å². The van der Waals surface area contributed by atoms with Crippen LogP contribution < -0.4 is 0 Å².